The van der Waals surface area contributed by atoms with Gasteiger partial charge in [0.25, 0.3) is 0 Å². The first-order valence-corrected chi connectivity index (χ1v) is 11.0. The van der Waals surface area contributed by atoms with E-state index in [1.54, 1.807) is 23.6 Å². The molecular formula is C20H32N2O5S. The van der Waals surface area contributed by atoms with Gasteiger partial charge < -0.3 is 20.1 Å². The number of ether oxygens (including phenoxy) is 1. The van der Waals surface area contributed by atoms with E-state index in [9.17, 15) is 19.5 Å². The molecule has 28 heavy (non-hydrogen) atoms. The van der Waals surface area contributed by atoms with Crippen LogP contribution < -0.4 is 5.32 Å². The summed E-state index contributed by atoms with van der Waals surface area (Å²) in [4.78, 5) is 41.1. The number of carbonyl (C=O) groups is 3. The summed E-state index contributed by atoms with van der Waals surface area (Å²) >= 11 is 1.64. The lowest BCUT2D eigenvalue weighted by Crippen LogP contribution is -2.59. The molecule has 3 rings (SSSR count). The number of hydrogen-bond acceptors (Lipinski definition) is 6. The van der Waals surface area contributed by atoms with Crippen LogP contribution in [0, 0.1) is 17.8 Å². The molecular weight excluding hydrogens is 380 g/mol. The standard InChI is InChI=1S/C20H32N2O5S/c1-6-27-18(26)13-12-10-11(2)20(28-12)14(13)17(25)22(8-7-9-23)15(20)16(24)21-19(3,4)5/h11-15,23H,6-10H2,1-5H3,(H,21,24)/t11?,12-,13+,14-,15?,20?/m0/s1. The Hall–Kier alpha value is -1.28. The van der Waals surface area contributed by atoms with Crippen molar-refractivity contribution in [2.24, 2.45) is 17.8 Å². The molecule has 0 aromatic carbocycles. The molecule has 3 unspecified atom stereocenters. The summed E-state index contributed by atoms with van der Waals surface area (Å²) in [5.41, 5.74) is -0.428. The maximum absolute atomic E-state index is 13.5. The number of hydrogen-bond donors (Lipinski definition) is 2. The Balaban J connectivity index is 2.03. The van der Waals surface area contributed by atoms with Gasteiger partial charge in [0.2, 0.25) is 11.8 Å². The van der Waals surface area contributed by atoms with Crippen LogP contribution >= 0.6 is 11.8 Å². The lowest BCUT2D eigenvalue weighted by Gasteiger charge is -2.39. The molecule has 3 saturated heterocycles. The van der Waals surface area contributed by atoms with E-state index >= 15 is 0 Å². The van der Waals surface area contributed by atoms with Crippen LogP contribution in [0.2, 0.25) is 0 Å². The zero-order valence-electron chi connectivity index (χ0n) is 17.4. The van der Waals surface area contributed by atoms with Crippen LogP contribution in [0.25, 0.3) is 0 Å². The van der Waals surface area contributed by atoms with Gasteiger partial charge in [0.05, 0.1) is 23.2 Å². The molecule has 6 atom stereocenters. The number of fused-ring (bicyclic) bond motifs is 1. The third-order valence-corrected chi connectivity index (χ3v) is 8.18. The highest BCUT2D eigenvalue weighted by molar-refractivity contribution is 8.02. The monoisotopic (exact) mass is 412 g/mol. The lowest BCUT2D eigenvalue weighted by atomic mass is 9.66. The Labute approximate surface area is 170 Å². The predicted octanol–water partition coefficient (Wildman–Crippen LogP) is 1.18. The largest absolute Gasteiger partial charge is 0.466 e. The minimum atomic E-state index is -0.639. The summed E-state index contributed by atoms with van der Waals surface area (Å²) in [6.07, 6.45) is 1.20. The van der Waals surface area contributed by atoms with Crippen molar-refractivity contribution in [3.05, 3.63) is 0 Å². The molecule has 3 fully saturated rings. The molecule has 3 heterocycles. The molecule has 1 spiro atoms. The van der Waals surface area contributed by atoms with Crippen molar-refractivity contribution >= 4 is 29.5 Å². The van der Waals surface area contributed by atoms with Gasteiger partial charge in [-0.05, 0) is 46.5 Å². The molecule has 2 N–H and O–H groups in total. The molecule has 0 saturated carbocycles. The first kappa shape index (κ1) is 21.4. The third-order valence-electron chi connectivity index (χ3n) is 6.11. The fraction of sp³-hybridized carbons (Fsp3) is 0.850. The topological polar surface area (TPSA) is 95.9 Å². The lowest BCUT2D eigenvalue weighted by molar-refractivity contribution is -0.154. The average Bonchev–Trinajstić information content (AvgIpc) is 3.15. The van der Waals surface area contributed by atoms with Crippen LogP contribution in [0.1, 0.15) is 47.5 Å². The zero-order chi connectivity index (χ0) is 20.9. The first-order valence-electron chi connectivity index (χ1n) is 10.2. The summed E-state index contributed by atoms with van der Waals surface area (Å²) in [6, 6.07) is -0.639. The molecule has 7 nitrogen and oxygen atoms in total. The Bertz CT molecular complexity index is 663. The summed E-state index contributed by atoms with van der Waals surface area (Å²) in [5.74, 6) is -1.56. The van der Waals surface area contributed by atoms with Crippen molar-refractivity contribution in [2.75, 3.05) is 19.8 Å². The highest BCUT2D eigenvalue weighted by Crippen LogP contribution is 2.68. The number of aliphatic hydroxyl groups is 1. The fourth-order valence-electron chi connectivity index (χ4n) is 5.25. The van der Waals surface area contributed by atoms with Gasteiger partial charge in [-0.2, -0.15) is 0 Å². The van der Waals surface area contributed by atoms with Crippen molar-refractivity contribution < 1.29 is 24.2 Å². The fourth-order valence-corrected chi connectivity index (χ4v) is 7.66. The Kier molecular flexibility index (Phi) is 5.75. The summed E-state index contributed by atoms with van der Waals surface area (Å²) < 4.78 is 4.67. The van der Waals surface area contributed by atoms with E-state index in [0.29, 0.717) is 13.0 Å². The van der Waals surface area contributed by atoms with Gasteiger partial charge in [0.15, 0.2) is 0 Å². The summed E-state index contributed by atoms with van der Waals surface area (Å²) in [7, 11) is 0. The van der Waals surface area contributed by atoms with Crippen molar-refractivity contribution in [1.82, 2.24) is 10.2 Å². The maximum atomic E-state index is 13.5. The van der Waals surface area contributed by atoms with Crippen molar-refractivity contribution in [1.29, 1.82) is 0 Å². The molecule has 0 aromatic rings. The molecule has 8 heteroatoms. The van der Waals surface area contributed by atoms with Crippen molar-refractivity contribution in [3.63, 3.8) is 0 Å². The molecule has 2 amide bonds. The zero-order valence-corrected chi connectivity index (χ0v) is 18.2. The van der Waals surface area contributed by atoms with E-state index in [1.807, 2.05) is 20.8 Å². The van der Waals surface area contributed by atoms with Gasteiger partial charge in [-0.15, -0.1) is 11.8 Å². The van der Waals surface area contributed by atoms with Crippen LogP contribution in [0.4, 0.5) is 0 Å². The van der Waals surface area contributed by atoms with Crippen molar-refractivity contribution in [3.8, 4) is 0 Å². The second kappa shape index (κ2) is 7.52. The Morgan fingerprint density at radius 2 is 2.07 bits per heavy atom. The molecule has 0 radical (unpaired) electrons. The Morgan fingerprint density at radius 1 is 1.39 bits per heavy atom. The Morgan fingerprint density at radius 3 is 2.64 bits per heavy atom. The van der Waals surface area contributed by atoms with Crippen LogP contribution in [0.5, 0.6) is 0 Å². The van der Waals surface area contributed by atoms with Crippen LogP contribution in [0.3, 0.4) is 0 Å². The second-order valence-electron chi connectivity index (χ2n) is 9.15. The molecule has 0 aliphatic carbocycles. The summed E-state index contributed by atoms with van der Waals surface area (Å²) in [5, 5.41) is 12.4. The third kappa shape index (κ3) is 3.22. The quantitative estimate of drug-likeness (QED) is 0.636. The van der Waals surface area contributed by atoms with Crippen LogP contribution in [-0.4, -0.2) is 69.1 Å². The SMILES string of the molecule is CCOC(=O)[C@@H]1[C@@H]2CC(C)C3(S2)C(C(=O)NC(C)(C)C)N(CCCO)C(=O)[C@H]13. The minimum Gasteiger partial charge on any atom is -0.466 e. The van der Waals surface area contributed by atoms with E-state index < -0.39 is 28.2 Å². The van der Waals surface area contributed by atoms with Gasteiger partial charge in [0, 0.05) is 23.9 Å². The number of thioether (sulfide) groups is 1. The number of aliphatic hydroxyl groups excluding tert-OH is 1. The van der Waals surface area contributed by atoms with Gasteiger partial charge in [0.1, 0.15) is 6.04 Å². The van der Waals surface area contributed by atoms with E-state index in [1.165, 1.54) is 0 Å². The molecule has 0 aromatic heterocycles. The minimum absolute atomic E-state index is 0.00734. The van der Waals surface area contributed by atoms with E-state index in [2.05, 4.69) is 12.2 Å². The van der Waals surface area contributed by atoms with E-state index in [0.717, 1.165) is 6.42 Å². The van der Waals surface area contributed by atoms with Gasteiger partial charge in [-0.1, -0.05) is 6.92 Å². The average molecular weight is 413 g/mol. The number of nitrogens with zero attached hydrogens (tertiary/aromatic N) is 1. The predicted molar refractivity (Wildman–Crippen MR) is 107 cm³/mol. The van der Waals surface area contributed by atoms with E-state index in [-0.39, 0.29) is 42.2 Å². The number of carbonyl (C=O) groups excluding carboxylic acids is 3. The normalized spacial score (nSPS) is 36.6. The molecule has 158 valence electrons. The molecule has 3 aliphatic heterocycles. The highest BCUT2D eigenvalue weighted by atomic mass is 32.2. The molecule has 2 bridgehead atoms. The van der Waals surface area contributed by atoms with Crippen LogP contribution in [0.15, 0.2) is 0 Å². The van der Waals surface area contributed by atoms with Gasteiger partial charge in [-0.3, -0.25) is 14.4 Å². The number of amides is 2. The highest BCUT2D eigenvalue weighted by Gasteiger charge is 2.76. The number of rotatable bonds is 6. The van der Waals surface area contributed by atoms with Crippen LogP contribution in [-0.2, 0) is 19.1 Å². The number of esters is 1. The number of nitrogens with one attached hydrogen (secondary N) is 1. The van der Waals surface area contributed by atoms with E-state index in [4.69, 9.17) is 4.74 Å². The van der Waals surface area contributed by atoms with Gasteiger partial charge in [-0.25, -0.2) is 0 Å². The van der Waals surface area contributed by atoms with Gasteiger partial charge >= 0.3 is 5.97 Å². The number of likely N-dealkylation sites (tertiary alicyclic amines) is 1. The van der Waals surface area contributed by atoms with Crippen molar-refractivity contribution in [2.45, 2.75) is 69.0 Å². The maximum Gasteiger partial charge on any atom is 0.310 e. The first-order chi connectivity index (χ1) is 13.1. The second-order valence-corrected chi connectivity index (χ2v) is 10.7. The smallest absolute Gasteiger partial charge is 0.310 e. The summed E-state index contributed by atoms with van der Waals surface area (Å²) in [6.45, 7) is 10.1. The molecule has 3 aliphatic rings.